The number of hydrogen-bond donors (Lipinski definition) is 3. The summed E-state index contributed by atoms with van der Waals surface area (Å²) in [5, 5.41) is 7.97. The molecule has 0 saturated heterocycles. The van der Waals surface area contributed by atoms with Crippen molar-refractivity contribution in [3.05, 3.63) is 167 Å². The highest BCUT2D eigenvalue weighted by Crippen LogP contribution is 2.37. The Morgan fingerprint density at radius 3 is 2.07 bits per heavy atom. The highest BCUT2D eigenvalue weighted by atomic mass is 32.2. The predicted molar refractivity (Wildman–Crippen MR) is 178 cm³/mol. The van der Waals surface area contributed by atoms with Gasteiger partial charge in [-0.1, -0.05) is 84.4 Å². The van der Waals surface area contributed by atoms with E-state index in [1.165, 1.54) is 42.1 Å². The molecule has 5 aromatic rings. The lowest BCUT2D eigenvalue weighted by Gasteiger charge is -2.18. The average molecular weight is 616 g/mol. The third-order valence-corrected chi connectivity index (χ3v) is 7.96. The summed E-state index contributed by atoms with van der Waals surface area (Å²) in [5.74, 6) is -1.63. The van der Waals surface area contributed by atoms with Gasteiger partial charge in [-0.3, -0.25) is 14.4 Å². The van der Waals surface area contributed by atoms with Gasteiger partial charge >= 0.3 is 0 Å². The Kier molecular flexibility index (Phi) is 10.2. The maximum absolute atomic E-state index is 13.5. The van der Waals surface area contributed by atoms with Crippen molar-refractivity contribution in [2.24, 2.45) is 0 Å². The number of hydrogen-bond acceptors (Lipinski definition) is 4. The van der Waals surface area contributed by atoms with E-state index < -0.39 is 22.9 Å². The summed E-state index contributed by atoms with van der Waals surface area (Å²) >= 11 is 1.35. The first-order valence-electron chi connectivity index (χ1n) is 14.2. The zero-order valence-corrected chi connectivity index (χ0v) is 25.2. The molecule has 0 aliphatic carbocycles. The second-order valence-corrected chi connectivity index (χ2v) is 11.4. The quantitative estimate of drug-likeness (QED) is 0.110. The molecule has 5 rings (SSSR count). The van der Waals surface area contributed by atoms with Gasteiger partial charge < -0.3 is 16.0 Å². The molecule has 0 bridgehead atoms. The number of nitrogens with one attached hydrogen (secondary N) is 3. The molecule has 0 aromatic heterocycles. The van der Waals surface area contributed by atoms with Crippen molar-refractivity contribution in [3.63, 3.8) is 0 Å². The normalized spacial score (nSPS) is 11.7. The first kappa shape index (κ1) is 31.0. The fourth-order valence-electron chi connectivity index (χ4n) is 4.40. The average Bonchev–Trinajstić information content (AvgIpc) is 3.06. The van der Waals surface area contributed by atoms with Gasteiger partial charge in [-0.2, -0.15) is 0 Å². The molecule has 1 atom stereocenters. The second-order valence-electron chi connectivity index (χ2n) is 10.2. The van der Waals surface area contributed by atoms with Gasteiger partial charge in [-0.15, -0.1) is 11.8 Å². The Hall–Kier alpha value is -5.47. The molecule has 0 radical (unpaired) electrons. The Balaban J connectivity index is 1.37. The molecule has 8 heteroatoms. The van der Waals surface area contributed by atoms with E-state index in [0.717, 1.165) is 16.0 Å². The standard InChI is InChI=1S/C37H30FN3O3S/c1-25-15-21-30(22-16-25)39-37(44)34(27-9-4-2-5-10-27)45-32-14-8-13-31(24-32)40-36(43)33(23-26-17-19-29(38)20-18-26)41-35(42)28-11-6-3-7-12-28/h2-24,34H,1H3,(H,39,44)(H,40,43)(H,41,42)/b33-23-. The van der Waals surface area contributed by atoms with Crippen molar-refractivity contribution in [3.8, 4) is 0 Å². The van der Waals surface area contributed by atoms with Crippen LogP contribution in [-0.2, 0) is 9.59 Å². The van der Waals surface area contributed by atoms with Gasteiger partial charge in [0.15, 0.2) is 0 Å². The monoisotopic (exact) mass is 615 g/mol. The first-order chi connectivity index (χ1) is 21.8. The van der Waals surface area contributed by atoms with Gasteiger partial charge in [0.1, 0.15) is 16.8 Å². The molecule has 6 nitrogen and oxygen atoms in total. The topological polar surface area (TPSA) is 87.3 Å². The van der Waals surface area contributed by atoms with Crippen LogP contribution in [0.1, 0.15) is 32.3 Å². The van der Waals surface area contributed by atoms with Gasteiger partial charge in [0.2, 0.25) is 5.91 Å². The van der Waals surface area contributed by atoms with E-state index >= 15 is 0 Å². The zero-order valence-electron chi connectivity index (χ0n) is 24.4. The second kappa shape index (κ2) is 14.8. The first-order valence-corrected chi connectivity index (χ1v) is 15.1. The number of rotatable bonds is 10. The van der Waals surface area contributed by atoms with Crippen molar-refractivity contribution >= 4 is 46.9 Å². The fraction of sp³-hybridized carbons (Fsp3) is 0.0541. The molecule has 0 heterocycles. The van der Waals surface area contributed by atoms with Crippen LogP contribution in [0.5, 0.6) is 0 Å². The third-order valence-electron chi connectivity index (χ3n) is 6.72. The molecular formula is C37H30FN3O3S. The number of carbonyl (C=O) groups excluding carboxylic acids is 3. The summed E-state index contributed by atoms with van der Waals surface area (Å²) in [6, 6.07) is 38.3. The number of aryl methyl sites for hydroxylation is 1. The minimum atomic E-state index is -0.572. The van der Waals surface area contributed by atoms with Gasteiger partial charge in [-0.05, 0) is 78.7 Å². The number of amides is 3. The number of benzene rings is 5. The maximum Gasteiger partial charge on any atom is 0.272 e. The minimum Gasteiger partial charge on any atom is -0.325 e. The minimum absolute atomic E-state index is 0.0202. The van der Waals surface area contributed by atoms with Crippen molar-refractivity contribution in [2.75, 3.05) is 10.6 Å². The summed E-state index contributed by atoms with van der Waals surface area (Å²) in [7, 11) is 0. The molecule has 45 heavy (non-hydrogen) atoms. The molecule has 3 N–H and O–H groups in total. The summed E-state index contributed by atoms with van der Waals surface area (Å²) in [6.07, 6.45) is 1.48. The van der Waals surface area contributed by atoms with Crippen molar-refractivity contribution in [2.45, 2.75) is 17.1 Å². The van der Waals surface area contributed by atoms with Crippen molar-refractivity contribution in [1.29, 1.82) is 0 Å². The Labute approximate surface area is 265 Å². The molecule has 0 fully saturated rings. The van der Waals surface area contributed by atoms with Crippen LogP contribution in [0, 0.1) is 12.7 Å². The van der Waals surface area contributed by atoms with Crippen LogP contribution in [0.15, 0.2) is 144 Å². The number of anilines is 2. The fourth-order valence-corrected chi connectivity index (χ4v) is 5.48. The van der Waals surface area contributed by atoms with Crippen LogP contribution in [0.25, 0.3) is 6.08 Å². The van der Waals surface area contributed by atoms with E-state index in [1.807, 2.05) is 67.6 Å². The van der Waals surface area contributed by atoms with Crippen LogP contribution < -0.4 is 16.0 Å². The predicted octanol–water partition coefficient (Wildman–Crippen LogP) is 8.02. The van der Waals surface area contributed by atoms with Gasteiger partial charge in [0.05, 0.1) is 0 Å². The van der Waals surface area contributed by atoms with E-state index in [9.17, 15) is 18.8 Å². The molecule has 0 aliphatic heterocycles. The Morgan fingerprint density at radius 2 is 1.38 bits per heavy atom. The smallest absolute Gasteiger partial charge is 0.272 e. The lowest BCUT2D eigenvalue weighted by molar-refractivity contribution is -0.116. The third kappa shape index (κ3) is 8.78. The molecular weight excluding hydrogens is 585 g/mol. The molecule has 0 saturated carbocycles. The molecule has 0 spiro atoms. The van der Waals surface area contributed by atoms with E-state index in [1.54, 1.807) is 48.5 Å². The summed E-state index contributed by atoms with van der Waals surface area (Å²) in [6.45, 7) is 1.98. The van der Waals surface area contributed by atoms with Crippen molar-refractivity contribution in [1.82, 2.24) is 5.32 Å². The summed E-state index contributed by atoms with van der Waals surface area (Å²) < 4.78 is 13.5. The summed E-state index contributed by atoms with van der Waals surface area (Å²) in [4.78, 5) is 40.7. The Bertz CT molecular complexity index is 1810. The molecule has 5 aromatic carbocycles. The van der Waals surface area contributed by atoms with Gasteiger partial charge in [0.25, 0.3) is 11.8 Å². The van der Waals surface area contributed by atoms with E-state index in [0.29, 0.717) is 22.5 Å². The number of carbonyl (C=O) groups is 3. The van der Waals surface area contributed by atoms with E-state index in [2.05, 4.69) is 16.0 Å². The number of thioether (sulfide) groups is 1. The SMILES string of the molecule is Cc1ccc(NC(=O)C(Sc2cccc(NC(=O)/C(=C/c3ccc(F)cc3)NC(=O)c3ccccc3)c2)c2ccccc2)cc1. The highest BCUT2D eigenvalue weighted by Gasteiger charge is 2.23. The molecule has 3 amide bonds. The van der Waals surface area contributed by atoms with Crippen LogP contribution >= 0.6 is 11.8 Å². The summed E-state index contributed by atoms with van der Waals surface area (Å²) in [5.41, 5.74) is 3.98. The lowest BCUT2D eigenvalue weighted by Crippen LogP contribution is -2.30. The van der Waals surface area contributed by atoms with Crippen LogP contribution in [-0.4, -0.2) is 17.7 Å². The lowest BCUT2D eigenvalue weighted by atomic mass is 10.1. The largest absolute Gasteiger partial charge is 0.325 e. The van der Waals surface area contributed by atoms with Crippen LogP contribution in [0.2, 0.25) is 0 Å². The molecule has 224 valence electrons. The van der Waals surface area contributed by atoms with Gasteiger partial charge in [0, 0.05) is 21.8 Å². The maximum atomic E-state index is 13.5. The van der Waals surface area contributed by atoms with Crippen molar-refractivity contribution < 1.29 is 18.8 Å². The van der Waals surface area contributed by atoms with Crippen LogP contribution in [0.3, 0.4) is 0 Å². The van der Waals surface area contributed by atoms with E-state index in [-0.39, 0.29) is 11.6 Å². The number of halogens is 1. The molecule has 1 unspecified atom stereocenters. The van der Waals surface area contributed by atoms with E-state index in [4.69, 9.17) is 0 Å². The highest BCUT2D eigenvalue weighted by molar-refractivity contribution is 8.00. The van der Waals surface area contributed by atoms with Gasteiger partial charge in [-0.25, -0.2) is 4.39 Å². The molecule has 0 aliphatic rings. The zero-order chi connectivity index (χ0) is 31.6. The Morgan fingerprint density at radius 1 is 0.711 bits per heavy atom. The van der Waals surface area contributed by atoms with Crippen LogP contribution in [0.4, 0.5) is 15.8 Å².